The third kappa shape index (κ3) is 5.12. The highest BCUT2D eigenvalue weighted by Crippen LogP contribution is 2.16. The topological polar surface area (TPSA) is 27.7 Å². The smallest absolute Gasteiger partial charge is 0.122 e. The van der Waals surface area contributed by atoms with Gasteiger partial charge < -0.3 is 14.2 Å². The van der Waals surface area contributed by atoms with E-state index in [1.807, 2.05) is 62.4 Å². The van der Waals surface area contributed by atoms with Gasteiger partial charge >= 0.3 is 0 Å². The standard InChI is InChI=1S/C18H22O3/c1-15-7-3-5-9-17(15)20-13-11-19-12-14-21-18-10-6-4-8-16(18)2/h3-10H,11-14H2,1-2H3. The molecule has 0 amide bonds. The van der Waals surface area contributed by atoms with Gasteiger partial charge in [0.05, 0.1) is 13.2 Å². The fourth-order valence-electron chi connectivity index (χ4n) is 1.96. The van der Waals surface area contributed by atoms with Crippen molar-refractivity contribution in [2.75, 3.05) is 26.4 Å². The minimum atomic E-state index is 0.551. The first kappa shape index (κ1) is 15.4. The lowest BCUT2D eigenvalue weighted by Crippen LogP contribution is -2.12. The van der Waals surface area contributed by atoms with E-state index in [9.17, 15) is 0 Å². The van der Waals surface area contributed by atoms with Crippen LogP contribution >= 0.6 is 0 Å². The van der Waals surface area contributed by atoms with Gasteiger partial charge in [0.2, 0.25) is 0 Å². The molecule has 3 nitrogen and oxygen atoms in total. The predicted octanol–water partition coefficient (Wildman–Crippen LogP) is 3.78. The van der Waals surface area contributed by atoms with Gasteiger partial charge in [0, 0.05) is 0 Å². The van der Waals surface area contributed by atoms with Crippen molar-refractivity contribution in [2.24, 2.45) is 0 Å². The first-order valence-electron chi connectivity index (χ1n) is 7.22. The maximum Gasteiger partial charge on any atom is 0.122 e. The van der Waals surface area contributed by atoms with Gasteiger partial charge in [-0.15, -0.1) is 0 Å². The van der Waals surface area contributed by atoms with Crippen molar-refractivity contribution in [3.63, 3.8) is 0 Å². The van der Waals surface area contributed by atoms with E-state index in [1.54, 1.807) is 0 Å². The molecule has 3 heteroatoms. The Kier molecular flexibility index (Phi) is 6.10. The molecule has 0 atom stereocenters. The average Bonchev–Trinajstić information content (AvgIpc) is 2.50. The highest BCUT2D eigenvalue weighted by molar-refractivity contribution is 5.32. The highest BCUT2D eigenvalue weighted by Gasteiger charge is 1.99. The highest BCUT2D eigenvalue weighted by atomic mass is 16.5. The lowest BCUT2D eigenvalue weighted by atomic mass is 10.2. The van der Waals surface area contributed by atoms with Crippen LogP contribution in [0.25, 0.3) is 0 Å². The minimum absolute atomic E-state index is 0.551. The van der Waals surface area contributed by atoms with Crippen molar-refractivity contribution in [2.45, 2.75) is 13.8 Å². The van der Waals surface area contributed by atoms with Crippen molar-refractivity contribution in [3.05, 3.63) is 59.7 Å². The molecule has 112 valence electrons. The van der Waals surface area contributed by atoms with E-state index in [-0.39, 0.29) is 0 Å². The largest absolute Gasteiger partial charge is 0.491 e. The molecule has 0 fully saturated rings. The van der Waals surface area contributed by atoms with E-state index in [0.717, 1.165) is 22.6 Å². The zero-order chi connectivity index (χ0) is 14.9. The molecule has 0 saturated carbocycles. The van der Waals surface area contributed by atoms with Gasteiger partial charge in [0.15, 0.2) is 0 Å². The van der Waals surface area contributed by atoms with Crippen LogP contribution in [0.15, 0.2) is 48.5 Å². The Labute approximate surface area is 126 Å². The molecule has 0 unspecified atom stereocenters. The number of para-hydroxylation sites is 2. The number of ether oxygens (including phenoxy) is 3. The van der Waals surface area contributed by atoms with Crippen molar-refractivity contribution >= 4 is 0 Å². The first-order valence-corrected chi connectivity index (χ1v) is 7.22. The molecule has 0 heterocycles. The van der Waals surface area contributed by atoms with Gasteiger partial charge in [-0.2, -0.15) is 0 Å². The molecule has 0 aliphatic rings. The Hall–Kier alpha value is -2.00. The summed E-state index contributed by atoms with van der Waals surface area (Å²) in [7, 11) is 0. The predicted molar refractivity (Wildman–Crippen MR) is 84.2 cm³/mol. The molecule has 0 aromatic heterocycles. The van der Waals surface area contributed by atoms with Crippen LogP contribution in [0.1, 0.15) is 11.1 Å². The summed E-state index contributed by atoms with van der Waals surface area (Å²) < 4.78 is 16.8. The molecule has 0 bridgehead atoms. The van der Waals surface area contributed by atoms with Crippen LogP contribution in [0, 0.1) is 13.8 Å². The molecule has 2 aromatic carbocycles. The van der Waals surface area contributed by atoms with Crippen LogP contribution in [0.4, 0.5) is 0 Å². The Balaban J connectivity index is 1.57. The van der Waals surface area contributed by atoms with Crippen LogP contribution in [0.5, 0.6) is 11.5 Å². The molecular weight excluding hydrogens is 264 g/mol. The van der Waals surface area contributed by atoms with Gasteiger partial charge in [-0.25, -0.2) is 0 Å². The van der Waals surface area contributed by atoms with E-state index in [2.05, 4.69) is 0 Å². The van der Waals surface area contributed by atoms with Crippen LogP contribution in [0.2, 0.25) is 0 Å². The van der Waals surface area contributed by atoms with Crippen molar-refractivity contribution in [1.82, 2.24) is 0 Å². The van der Waals surface area contributed by atoms with E-state index in [4.69, 9.17) is 14.2 Å². The normalized spacial score (nSPS) is 10.4. The second-order valence-corrected chi connectivity index (χ2v) is 4.84. The summed E-state index contributed by atoms with van der Waals surface area (Å²) in [6, 6.07) is 16.0. The van der Waals surface area contributed by atoms with Crippen LogP contribution < -0.4 is 9.47 Å². The number of hydrogen-bond donors (Lipinski definition) is 0. The molecule has 0 saturated heterocycles. The fourth-order valence-corrected chi connectivity index (χ4v) is 1.96. The summed E-state index contributed by atoms with van der Waals surface area (Å²) in [5.74, 6) is 1.83. The lowest BCUT2D eigenvalue weighted by Gasteiger charge is -2.10. The molecule has 0 radical (unpaired) electrons. The summed E-state index contributed by atoms with van der Waals surface area (Å²) in [6.07, 6.45) is 0. The van der Waals surface area contributed by atoms with Gasteiger partial charge in [0.1, 0.15) is 24.7 Å². The molecule has 2 aromatic rings. The molecule has 2 rings (SSSR count). The summed E-state index contributed by atoms with van der Waals surface area (Å²) in [4.78, 5) is 0. The summed E-state index contributed by atoms with van der Waals surface area (Å²) in [5, 5.41) is 0. The van der Waals surface area contributed by atoms with E-state index in [1.165, 1.54) is 0 Å². The maximum absolute atomic E-state index is 5.65. The van der Waals surface area contributed by atoms with Gasteiger partial charge in [-0.3, -0.25) is 0 Å². The van der Waals surface area contributed by atoms with Gasteiger partial charge in [-0.1, -0.05) is 36.4 Å². The number of benzene rings is 2. The van der Waals surface area contributed by atoms with Crippen molar-refractivity contribution in [1.29, 1.82) is 0 Å². The van der Waals surface area contributed by atoms with E-state index >= 15 is 0 Å². The molecule has 0 aliphatic heterocycles. The SMILES string of the molecule is Cc1ccccc1OCCOCCOc1ccccc1C. The third-order valence-electron chi connectivity index (χ3n) is 3.16. The minimum Gasteiger partial charge on any atom is -0.491 e. The van der Waals surface area contributed by atoms with Crippen molar-refractivity contribution in [3.8, 4) is 11.5 Å². The quantitative estimate of drug-likeness (QED) is 0.691. The Morgan fingerprint density at radius 2 is 1.05 bits per heavy atom. The number of aryl methyl sites for hydroxylation is 2. The zero-order valence-electron chi connectivity index (χ0n) is 12.7. The number of hydrogen-bond acceptors (Lipinski definition) is 3. The van der Waals surface area contributed by atoms with Gasteiger partial charge in [-0.05, 0) is 37.1 Å². The molecule has 0 spiro atoms. The monoisotopic (exact) mass is 286 g/mol. The second kappa shape index (κ2) is 8.32. The van der Waals surface area contributed by atoms with Gasteiger partial charge in [0.25, 0.3) is 0 Å². The van der Waals surface area contributed by atoms with Crippen molar-refractivity contribution < 1.29 is 14.2 Å². The Morgan fingerprint density at radius 1 is 0.619 bits per heavy atom. The van der Waals surface area contributed by atoms with E-state index in [0.29, 0.717) is 26.4 Å². The summed E-state index contributed by atoms with van der Waals surface area (Å²) >= 11 is 0. The maximum atomic E-state index is 5.65. The number of rotatable bonds is 8. The second-order valence-electron chi connectivity index (χ2n) is 4.84. The molecule has 21 heavy (non-hydrogen) atoms. The van der Waals surface area contributed by atoms with Crippen LogP contribution in [-0.4, -0.2) is 26.4 Å². The lowest BCUT2D eigenvalue weighted by molar-refractivity contribution is 0.0761. The molecule has 0 aliphatic carbocycles. The average molecular weight is 286 g/mol. The third-order valence-corrected chi connectivity index (χ3v) is 3.16. The Bertz CT molecular complexity index is 502. The molecular formula is C18H22O3. The van der Waals surface area contributed by atoms with Crippen LogP contribution in [-0.2, 0) is 4.74 Å². The summed E-state index contributed by atoms with van der Waals surface area (Å²) in [6.45, 7) is 6.29. The molecule has 0 N–H and O–H groups in total. The fraction of sp³-hybridized carbons (Fsp3) is 0.333. The Morgan fingerprint density at radius 3 is 1.48 bits per heavy atom. The van der Waals surface area contributed by atoms with Crippen LogP contribution in [0.3, 0.4) is 0 Å². The summed E-state index contributed by atoms with van der Waals surface area (Å²) in [5.41, 5.74) is 2.28. The van der Waals surface area contributed by atoms with E-state index < -0.39 is 0 Å². The zero-order valence-corrected chi connectivity index (χ0v) is 12.7. The first-order chi connectivity index (χ1) is 10.3.